The molecule has 184 valence electrons. The molecule has 0 unspecified atom stereocenters. The van der Waals surface area contributed by atoms with Gasteiger partial charge in [-0.15, -0.1) is 0 Å². The van der Waals surface area contributed by atoms with E-state index >= 15 is 0 Å². The van der Waals surface area contributed by atoms with Gasteiger partial charge in [0, 0.05) is 19.2 Å². The van der Waals surface area contributed by atoms with E-state index in [0.29, 0.717) is 11.4 Å². The number of hydrogen-bond donors (Lipinski definition) is 3. The van der Waals surface area contributed by atoms with Crippen molar-refractivity contribution in [1.29, 1.82) is 0 Å². The van der Waals surface area contributed by atoms with E-state index in [9.17, 15) is 22.4 Å². The first kappa shape index (κ1) is 25.5. The molecule has 0 saturated heterocycles. The maximum Gasteiger partial charge on any atom is 0.330 e. The molecule has 9 nitrogen and oxygen atoms in total. The van der Waals surface area contributed by atoms with Gasteiger partial charge in [0.1, 0.15) is 17.6 Å². The summed E-state index contributed by atoms with van der Waals surface area (Å²) in [7, 11) is -1.27. The summed E-state index contributed by atoms with van der Waals surface area (Å²) in [5, 5.41) is 2.44. The number of nitrogens with one attached hydrogen (secondary N) is 3. The predicted molar refractivity (Wildman–Crippen MR) is 131 cm³/mol. The normalized spacial score (nSPS) is 11.7. The number of carbonyl (C=O) groups excluding carboxylic acids is 2. The largest absolute Gasteiger partial charge is 0.497 e. The molecule has 0 aliphatic rings. The van der Waals surface area contributed by atoms with Crippen LogP contribution in [-0.4, -0.2) is 40.6 Å². The molecular weight excluding hydrogens is 475 g/mol. The minimum atomic E-state index is -4.34. The molecule has 3 N–H and O–H groups in total. The summed E-state index contributed by atoms with van der Waals surface area (Å²) in [6.07, 6.45) is 0.124. The molecule has 0 aromatic heterocycles. The molecule has 35 heavy (non-hydrogen) atoms. The lowest BCUT2D eigenvalue weighted by Gasteiger charge is -2.25. The van der Waals surface area contributed by atoms with Crippen LogP contribution < -0.4 is 24.4 Å². The van der Waals surface area contributed by atoms with E-state index in [-0.39, 0.29) is 12.1 Å². The van der Waals surface area contributed by atoms with Crippen molar-refractivity contribution in [2.24, 2.45) is 0 Å². The van der Waals surface area contributed by atoms with Gasteiger partial charge in [0.05, 0.1) is 12.8 Å². The number of ether oxygens (including phenoxy) is 1. The number of urea groups is 1. The van der Waals surface area contributed by atoms with Crippen LogP contribution in [0.15, 0.2) is 78.9 Å². The van der Waals surface area contributed by atoms with Gasteiger partial charge < -0.3 is 15.0 Å². The number of likely N-dealkylation sites (N-methyl/N-ethyl adjacent to an activating group) is 1. The Bertz CT molecular complexity index is 1250. The van der Waals surface area contributed by atoms with E-state index in [2.05, 4.69) is 10.0 Å². The van der Waals surface area contributed by atoms with Gasteiger partial charge in [0.25, 0.3) is 0 Å². The van der Waals surface area contributed by atoms with Crippen molar-refractivity contribution < 1.29 is 27.1 Å². The van der Waals surface area contributed by atoms with Gasteiger partial charge >= 0.3 is 16.2 Å². The van der Waals surface area contributed by atoms with Gasteiger partial charge in [-0.25, -0.2) is 13.9 Å². The second-order valence-electron chi connectivity index (χ2n) is 7.53. The van der Waals surface area contributed by atoms with Crippen molar-refractivity contribution in [3.63, 3.8) is 0 Å². The smallest absolute Gasteiger partial charge is 0.330 e. The first-order chi connectivity index (χ1) is 16.7. The number of benzene rings is 3. The summed E-state index contributed by atoms with van der Waals surface area (Å²) >= 11 is 0. The quantitative estimate of drug-likeness (QED) is 0.418. The fraction of sp³-hybridized carbons (Fsp3) is 0.167. The van der Waals surface area contributed by atoms with Crippen molar-refractivity contribution >= 4 is 33.5 Å². The molecule has 0 aliphatic carbocycles. The molecule has 0 bridgehead atoms. The molecule has 0 aliphatic heterocycles. The lowest BCUT2D eigenvalue weighted by Crippen LogP contribution is -2.53. The number of methoxy groups -OCH3 is 1. The Hall–Kier alpha value is -4.12. The fourth-order valence-corrected chi connectivity index (χ4v) is 4.03. The van der Waals surface area contributed by atoms with Crippen molar-refractivity contribution in [3.8, 4) is 5.75 Å². The van der Waals surface area contributed by atoms with Crippen LogP contribution in [0.1, 0.15) is 5.56 Å². The fourth-order valence-electron chi connectivity index (χ4n) is 3.23. The molecule has 3 aromatic rings. The van der Waals surface area contributed by atoms with Gasteiger partial charge in [-0.1, -0.05) is 30.3 Å². The third-order valence-electron chi connectivity index (χ3n) is 5.00. The standard InChI is InChI=1S/C24H25FN4O5S/c1-29(20-12-14-21(34-2)15-13-20)23(30)22(16-17-6-4-3-5-7-17)26-24(31)28-35(32,33)27-19-10-8-18(25)9-11-19/h3-15,22,27H,16H2,1-2H3,(H2,26,28,31)/t22-/m0/s1. The summed E-state index contributed by atoms with van der Waals surface area (Å²) in [5.74, 6) is -0.383. The lowest BCUT2D eigenvalue weighted by molar-refractivity contribution is -0.120. The average Bonchev–Trinajstić information content (AvgIpc) is 2.84. The summed E-state index contributed by atoms with van der Waals surface area (Å²) < 4.78 is 46.8. The summed E-state index contributed by atoms with van der Waals surface area (Å²) in [6.45, 7) is 0. The first-order valence-corrected chi connectivity index (χ1v) is 12.0. The molecule has 3 aromatic carbocycles. The van der Waals surface area contributed by atoms with Crippen molar-refractivity contribution in [1.82, 2.24) is 10.0 Å². The van der Waals surface area contributed by atoms with Crippen LogP contribution in [0.25, 0.3) is 0 Å². The zero-order valence-corrected chi connectivity index (χ0v) is 19.9. The zero-order chi connectivity index (χ0) is 25.4. The highest BCUT2D eigenvalue weighted by atomic mass is 32.2. The van der Waals surface area contributed by atoms with Crippen LogP contribution in [-0.2, 0) is 21.4 Å². The number of nitrogens with zero attached hydrogens (tertiary/aromatic N) is 1. The Morgan fingerprint density at radius 2 is 1.60 bits per heavy atom. The number of amides is 3. The molecule has 3 rings (SSSR count). The third kappa shape index (κ3) is 7.44. The topological polar surface area (TPSA) is 117 Å². The average molecular weight is 501 g/mol. The highest BCUT2D eigenvalue weighted by molar-refractivity contribution is 7.91. The van der Waals surface area contributed by atoms with Gasteiger partial charge in [-0.2, -0.15) is 8.42 Å². The number of anilines is 2. The monoisotopic (exact) mass is 500 g/mol. The minimum Gasteiger partial charge on any atom is -0.497 e. The Labute approximate surface area is 203 Å². The second-order valence-corrected chi connectivity index (χ2v) is 8.94. The third-order valence-corrected chi connectivity index (χ3v) is 5.96. The predicted octanol–water partition coefficient (Wildman–Crippen LogP) is 3.06. The van der Waals surface area contributed by atoms with Crippen LogP contribution >= 0.6 is 0 Å². The van der Waals surface area contributed by atoms with Gasteiger partial charge in [-0.05, 0) is 54.1 Å². The van der Waals surface area contributed by atoms with Crippen molar-refractivity contribution in [2.75, 3.05) is 23.8 Å². The van der Waals surface area contributed by atoms with Crippen LogP contribution in [0.2, 0.25) is 0 Å². The SMILES string of the molecule is COc1ccc(N(C)C(=O)[C@H](Cc2ccccc2)NC(=O)NS(=O)(=O)Nc2ccc(F)cc2)cc1. The first-order valence-electron chi connectivity index (χ1n) is 10.5. The van der Waals surface area contributed by atoms with Crippen LogP contribution in [0, 0.1) is 5.82 Å². The van der Waals surface area contributed by atoms with Crippen LogP contribution in [0.3, 0.4) is 0 Å². The summed E-state index contributed by atoms with van der Waals surface area (Å²) in [4.78, 5) is 27.2. The number of hydrogen-bond acceptors (Lipinski definition) is 5. The molecular formula is C24H25FN4O5S. The van der Waals surface area contributed by atoms with Crippen molar-refractivity contribution in [3.05, 3.63) is 90.2 Å². The molecule has 0 radical (unpaired) electrons. The second kappa shape index (κ2) is 11.3. The molecule has 0 spiro atoms. The Morgan fingerprint density at radius 1 is 0.971 bits per heavy atom. The van der Waals surface area contributed by atoms with Gasteiger partial charge in [0.2, 0.25) is 5.91 Å². The number of halogens is 1. The van der Waals surface area contributed by atoms with E-state index in [1.807, 2.05) is 10.8 Å². The zero-order valence-electron chi connectivity index (χ0n) is 19.1. The van der Waals surface area contributed by atoms with E-state index in [1.54, 1.807) is 55.6 Å². The maximum absolute atomic E-state index is 13.3. The summed E-state index contributed by atoms with van der Waals surface area (Å²) in [5.41, 5.74) is 1.38. The Kier molecular flexibility index (Phi) is 8.26. The summed E-state index contributed by atoms with van der Waals surface area (Å²) in [6, 6.07) is 18.1. The van der Waals surface area contributed by atoms with E-state index in [4.69, 9.17) is 4.74 Å². The minimum absolute atomic E-state index is 0.0582. The number of rotatable bonds is 9. The van der Waals surface area contributed by atoms with Gasteiger partial charge in [0.15, 0.2) is 0 Å². The van der Waals surface area contributed by atoms with Gasteiger partial charge in [-0.3, -0.25) is 9.52 Å². The number of carbonyl (C=O) groups is 2. The van der Waals surface area contributed by atoms with E-state index in [0.717, 1.165) is 17.7 Å². The highest BCUT2D eigenvalue weighted by Gasteiger charge is 2.27. The van der Waals surface area contributed by atoms with E-state index < -0.39 is 34.0 Å². The van der Waals surface area contributed by atoms with E-state index in [1.165, 1.54) is 24.1 Å². The van der Waals surface area contributed by atoms with Crippen LogP contribution in [0.4, 0.5) is 20.6 Å². The Balaban J connectivity index is 1.74. The molecule has 11 heteroatoms. The molecule has 1 atom stereocenters. The Morgan fingerprint density at radius 3 is 2.20 bits per heavy atom. The molecule has 0 fully saturated rings. The highest BCUT2D eigenvalue weighted by Crippen LogP contribution is 2.19. The molecule has 3 amide bonds. The lowest BCUT2D eigenvalue weighted by atomic mass is 10.0. The van der Waals surface area contributed by atoms with Crippen LogP contribution in [0.5, 0.6) is 5.75 Å². The maximum atomic E-state index is 13.3. The molecule has 0 saturated carbocycles. The van der Waals surface area contributed by atoms with Crippen molar-refractivity contribution in [2.45, 2.75) is 12.5 Å². The molecule has 0 heterocycles.